The van der Waals surface area contributed by atoms with E-state index in [0.29, 0.717) is 13.1 Å². The number of aliphatic hydroxyl groups is 2. The highest BCUT2D eigenvalue weighted by atomic mass is 16.6. The van der Waals surface area contributed by atoms with Crippen LogP contribution in [0, 0.1) is 0 Å². The summed E-state index contributed by atoms with van der Waals surface area (Å²) in [7, 11) is 1.60. The Bertz CT molecular complexity index is 570. The molecule has 1 saturated heterocycles. The maximum atomic E-state index is 12.2. The molecule has 1 aromatic carbocycles. The summed E-state index contributed by atoms with van der Waals surface area (Å²) in [5.74, 6) is 0.617. The molecular weight excluding hydrogens is 324 g/mol. The van der Waals surface area contributed by atoms with Crippen LogP contribution in [-0.2, 0) is 4.74 Å². The Morgan fingerprint density at radius 2 is 1.96 bits per heavy atom. The van der Waals surface area contributed by atoms with E-state index in [9.17, 15) is 15.0 Å². The van der Waals surface area contributed by atoms with Gasteiger partial charge in [-0.05, 0) is 38.5 Å². The summed E-state index contributed by atoms with van der Waals surface area (Å²) >= 11 is 0. The van der Waals surface area contributed by atoms with Crippen molar-refractivity contribution in [2.24, 2.45) is 0 Å². The highest BCUT2D eigenvalue weighted by Crippen LogP contribution is 2.32. The van der Waals surface area contributed by atoms with Crippen LogP contribution in [0.5, 0.6) is 5.75 Å². The molecule has 25 heavy (non-hydrogen) atoms. The molecule has 7 heteroatoms. The molecule has 3 N–H and O–H groups in total. The molecule has 0 aliphatic carbocycles. The van der Waals surface area contributed by atoms with Gasteiger partial charge in [-0.25, -0.2) is 4.79 Å². The molecule has 1 aromatic rings. The van der Waals surface area contributed by atoms with Crippen molar-refractivity contribution in [2.75, 3.05) is 26.8 Å². The normalized spacial score (nSPS) is 24.2. The maximum Gasteiger partial charge on any atom is 0.408 e. The molecule has 7 nitrogen and oxygen atoms in total. The van der Waals surface area contributed by atoms with Crippen molar-refractivity contribution in [2.45, 2.75) is 44.6 Å². The summed E-state index contributed by atoms with van der Waals surface area (Å²) in [5.41, 5.74) is 0.356. The number of alkyl carbamates (subject to hydrolysis) is 1. The van der Waals surface area contributed by atoms with Crippen LogP contribution in [0.3, 0.4) is 0 Å². The van der Waals surface area contributed by atoms with Crippen LogP contribution in [0.25, 0.3) is 0 Å². The first-order chi connectivity index (χ1) is 11.7. The number of amides is 1. The van der Waals surface area contributed by atoms with Gasteiger partial charge in [0, 0.05) is 19.0 Å². The maximum absolute atomic E-state index is 12.2. The van der Waals surface area contributed by atoms with Crippen molar-refractivity contribution in [3.63, 3.8) is 0 Å². The Morgan fingerprint density at radius 1 is 1.32 bits per heavy atom. The van der Waals surface area contributed by atoms with E-state index in [2.05, 4.69) is 5.32 Å². The first-order valence-corrected chi connectivity index (χ1v) is 8.41. The number of nitrogens with one attached hydrogen (secondary N) is 1. The summed E-state index contributed by atoms with van der Waals surface area (Å²) in [6.45, 7) is 6.16. The Balaban J connectivity index is 2.19. The standard InChI is InChI=1S/C18H28N2O5/c1-18(2,3)25-17(23)19-15-14(11-20(9-10-21)16(15)22)12-5-7-13(24-4)8-6-12/h5-8,14-16,21-22H,9-11H2,1-4H3,(H,19,23)/t14?,15-,16?/m1/s1. The molecule has 140 valence electrons. The van der Waals surface area contributed by atoms with E-state index in [1.165, 1.54) is 0 Å². The Morgan fingerprint density at radius 3 is 2.48 bits per heavy atom. The fourth-order valence-electron chi connectivity index (χ4n) is 3.04. The number of carbonyl (C=O) groups is 1. The first kappa shape index (κ1) is 19.5. The molecular formula is C18H28N2O5. The predicted molar refractivity (Wildman–Crippen MR) is 93.6 cm³/mol. The molecule has 2 rings (SSSR count). The molecule has 3 atom stereocenters. The minimum absolute atomic E-state index is 0.0639. The van der Waals surface area contributed by atoms with Crippen LogP contribution in [0.2, 0.25) is 0 Å². The minimum atomic E-state index is -0.897. The number of aliphatic hydroxyl groups excluding tert-OH is 2. The van der Waals surface area contributed by atoms with Crippen molar-refractivity contribution < 1.29 is 24.5 Å². The lowest BCUT2D eigenvalue weighted by Crippen LogP contribution is -2.48. The molecule has 1 fully saturated rings. The van der Waals surface area contributed by atoms with Crippen molar-refractivity contribution in [3.05, 3.63) is 29.8 Å². The molecule has 1 aliphatic heterocycles. The van der Waals surface area contributed by atoms with Crippen LogP contribution >= 0.6 is 0 Å². The number of carbonyl (C=O) groups excluding carboxylic acids is 1. The highest BCUT2D eigenvalue weighted by molar-refractivity contribution is 5.68. The average Bonchev–Trinajstić information content (AvgIpc) is 2.83. The van der Waals surface area contributed by atoms with E-state index in [1.807, 2.05) is 24.3 Å². The average molecular weight is 352 g/mol. The minimum Gasteiger partial charge on any atom is -0.497 e. The monoisotopic (exact) mass is 352 g/mol. The lowest BCUT2D eigenvalue weighted by atomic mass is 9.93. The van der Waals surface area contributed by atoms with E-state index in [4.69, 9.17) is 9.47 Å². The van der Waals surface area contributed by atoms with Gasteiger partial charge in [0.05, 0.1) is 19.8 Å². The lowest BCUT2D eigenvalue weighted by Gasteiger charge is -2.27. The molecule has 2 unspecified atom stereocenters. The number of β-amino-alcohol motifs (C(OH)–C–C–N with tert-alkyl or cyclic N) is 1. The molecule has 1 heterocycles. The van der Waals surface area contributed by atoms with Gasteiger partial charge in [0.15, 0.2) is 0 Å². The van der Waals surface area contributed by atoms with Gasteiger partial charge in [0.1, 0.15) is 17.6 Å². The zero-order chi connectivity index (χ0) is 18.6. The van der Waals surface area contributed by atoms with Crippen molar-refractivity contribution in [3.8, 4) is 5.75 Å². The summed E-state index contributed by atoms with van der Waals surface area (Å²) in [6, 6.07) is 7.00. The largest absolute Gasteiger partial charge is 0.497 e. The van der Waals surface area contributed by atoms with Gasteiger partial charge < -0.3 is 25.0 Å². The van der Waals surface area contributed by atoms with Crippen molar-refractivity contribution in [1.29, 1.82) is 0 Å². The number of likely N-dealkylation sites (tertiary alicyclic amines) is 1. The molecule has 1 aliphatic rings. The molecule has 0 aromatic heterocycles. The van der Waals surface area contributed by atoms with E-state index in [-0.39, 0.29) is 12.5 Å². The van der Waals surface area contributed by atoms with Crippen molar-refractivity contribution in [1.82, 2.24) is 10.2 Å². The summed E-state index contributed by atoms with van der Waals surface area (Å²) < 4.78 is 10.5. The number of nitrogens with zero attached hydrogens (tertiary/aromatic N) is 1. The van der Waals surface area contributed by atoms with E-state index in [1.54, 1.807) is 32.8 Å². The van der Waals surface area contributed by atoms with Gasteiger partial charge in [-0.2, -0.15) is 0 Å². The third-order valence-electron chi connectivity index (χ3n) is 4.17. The van der Waals surface area contributed by atoms with E-state index >= 15 is 0 Å². The van der Waals surface area contributed by atoms with Crippen LogP contribution in [-0.4, -0.2) is 65.9 Å². The third kappa shape index (κ3) is 5.07. The van der Waals surface area contributed by atoms with Gasteiger partial charge >= 0.3 is 6.09 Å². The van der Waals surface area contributed by atoms with Gasteiger partial charge in [-0.3, -0.25) is 4.90 Å². The Hall–Kier alpha value is -1.83. The molecule has 0 bridgehead atoms. The second-order valence-corrected chi connectivity index (χ2v) is 7.18. The zero-order valence-corrected chi connectivity index (χ0v) is 15.2. The second kappa shape index (κ2) is 8.03. The van der Waals surface area contributed by atoms with Crippen molar-refractivity contribution >= 4 is 6.09 Å². The van der Waals surface area contributed by atoms with Crippen LogP contribution in [0.4, 0.5) is 4.79 Å². The molecule has 0 spiro atoms. The number of rotatable bonds is 5. The molecule has 0 radical (unpaired) electrons. The van der Waals surface area contributed by atoms with Crippen LogP contribution in [0.15, 0.2) is 24.3 Å². The highest BCUT2D eigenvalue weighted by Gasteiger charge is 2.42. The quantitative estimate of drug-likeness (QED) is 0.740. The smallest absolute Gasteiger partial charge is 0.408 e. The van der Waals surface area contributed by atoms with Gasteiger partial charge in [-0.1, -0.05) is 12.1 Å². The summed E-state index contributed by atoms with van der Waals surface area (Å²) in [4.78, 5) is 13.9. The first-order valence-electron chi connectivity index (χ1n) is 8.41. The van der Waals surface area contributed by atoms with Gasteiger partial charge in [-0.15, -0.1) is 0 Å². The third-order valence-corrected chi connectivity index (χ3v) is 4.17. The Kier molecular flexibility index (Phi) is 6.26. The SMILES string of the molecule is COc1ccc(C2CN(CCO)C(O)[C@@H]2NC(=O)OC(C)(C)C)cc1. The summed E-state index contributed by atoms with van der Waals surface area (Å²) in [6.07, 6.45) is -1.47. The molecule has 0 saturated carbocycles. The number of benzene rings is 1. The van der Waals surface area contributed by atoms with E-state index in [0.717, 1.165) is 11.3 Å². The fraction of sp³-hybridized carbons (Fsp3) is 0.611. The van der Waals surface area contributed by atoms with Gasteiger partial charge in [0.25, 0.3) is 0 Å². The van der Waals surface area contributed by atoms with E-state index < -0.39 is 24.0 Å². The zero-order valence-electron chi connectivity index (χ0n) is 15.2. The number of hydrogen-bond donors (Lipinski definition) is 3. The number of ether oxygens (including phenoxy) is 2. The summed E-state index contributed by atoms with van der Waals surface area (Å²) in [5, 5.41) is 22.6. The second-order valence-electron chi connectivity index (χ2n) is 7.18. The molecule has 1 amide bonds. The number of hydrogen-bond acceptors (Lipinski definition) is 6. The fourth-order valence-corrected chi connectivity index (χ4v) is 3.04. The number of methoxy groups -OCH3 is 1. The predicted octanol–water partition coefficient (Wildman–Crippen LogP) is 1.30. The Labute approximate surface area is 148 Å². The topological polar surface area (TPSA) is 91.3 Å². The van der Waals surface area contributed by atoms with Crippen LogP contribution < -0.4 is 10.1 Å². The lowest BCUT2D eigenvalue weighted by molar-refractivity contribution is 0.00399. The van der Waals surface area contributed by atoms with Gasteiger partial charge in [0.2, 0.25) is 0 Å². The van der Waals surface area contributed by atoms with Crippen LogP contribution in [0.1, 0.15) is 32.3 Å².